The monoisotopic (exact) mass is 768 g/mol. The number of likely N-dealkylation sites (N-methyl/N-ethyl adjacent to an activating group) is 1. The molecule has 3 aliphatic heterocycles. The largest absolute Gasteiger partial charge is 0.492 e. The minimum Gasteiger partial charge on any atom is -0.492 e. The number of benzene rings is 2. The molecule has 4 atom stereocenters. The number of rotatable bonds is 12. The standard InChI is InChI=1S/C45H60N4O7/c1-44(2,3)56-43(52)47-24-20-37(33-11-7-10-32(26-33)31-13-17-36(18-14-31)54-29-35-12-8-22-46(35)5)38(28-47)42(51)49(34-15-16-34)45(4)21-19-40-39(27-45)48(23-9-25-53-6)41(50)30-55-40/h7,10-11,13-14,17-19,21,26,34-35,37-38H,8-9,12,15-16,20,22-25,27-30H2,1-6H3/t35-,37+,38?,45?/m0/s1. The zero-order chi connectivity index (χ0) is 39.6. The Bertz CT molecular complexity index is 1810. The van der Waals surface area contributed by atoms with Crippen LogP contribution in [0.5, 0.6) is 5.75 Å². The van der Waals surface area contributed by atoms with Gasteiger partial charge in [-0.3, -0.25) is 9.59 Å². The van der Waals surface area contributed by atoms with E-state index in [0.29, 0.717) is 57.4 Å². The van der Waals surface area contributed by atoms with Crippen molar-refractivity contribution >= 4 is 17.9 Å². The van der Waals surface area contributed by atoms with Crippen molar-refractivity contribution in [2.24, 2.45) is 5.92 Å². The van der Waals surface area contributed by atoms with E-state index in [-0.39, 0.29) is 36.9 Å². The lowest BCUT2D eigenvalue weighted by Gasteiger charge is -2.48. The summed E-state index contributed by atoms with van der Waals surface area (Å²) in [5.41, 5.74) is 2.68. The number of hydrogen-bond acceptors (Lipinski definition) is 8. The summed E-state index contributed by atoms with van der Waals surface area (Å²) in [7, 11) is 3.82. The van der Waals surface area contributed by atoms with E-state index in [2.05, 4.69) is 66.2 Å². The summed E-state index contributed by atoms with van der Waals surface area (Å²) in [6.45, 7) is 11.3. The average molecular weight is 769 g/mol. The van der Waals surface area contributed by atoms with E-state index in [4.69, 9.17) is 18.9 Å². The van der Waals surface area contributed by atoms with Crippen LogP contribution in [0.1, 0.15) is 84.1 Å². The second-order valence-corrected chi connectivity index (χ2v) is 17.5. The van der Waals surface area contributed by atoms with Crippen LogP contribution in [0.2, 0.25) is 0 Å². The van der Waals surface area contributed by atoms with Crippen molar-refractivity contribution in [1.82, 2.24) is 19.6 Å². The molecule has 3 fully saturated rings. The molecule has 0 bridgehead atoms. The summed E-state index contributed by atoms with van der Waals surface area (Å²) in [4.78, 5) is 50.0. The number of allylic oxidation sites excluding steroid dienone is 1. The van der Waals surface area contributed by atoms with Crippen LogP contribution in [0.15, 0.2) is 72.1 Å². The Morgan fingerprint density at radius 2 is 1.80 bits per heavy atom. The number of piperidine rings is 1. The maximum atomic E-state index is 15.4. The van der Waals surface area contributed by atoms with Crippen LogP contribution in [0.4, 0.5) is 4.79 Å². The first kappa shape index (κ1) is 39.9. The molecule has 2 aromatic rings. The molecule has 7 rings (SSSR count). The number of hydrogen-bond donors (Lipinski definition) is 0. The number of ether oxygens (including phenoxy) is 4. The Balaban J connectivity index is 1.15. The Morgan fingerprint density at radius 3 is 2.50 bits per heavy atom. The highest BCUT2D eigenvalue weighted by molar-refractivity contribution is 5.84. The summed E-state index contributed by atoms with van der Waals surface area (Å²) in [6.07, 6.45) is 9.60. The molecule has 2 aromatic carbocycles. The fourth-order valence-electron chi connectivity index (χ4n) is 8.88. The molecule has 0 N–H and O–H groups in total. The molecule has 3 amide bonds. The Hall–Kier alpha value is -4.35. The molecule has 5 aliphatic rings. The van der Waals surface area contributed by atoms with Gasteiger partial charge in [-0.2, -0.15) is 0 Å². The second-order valence-electron chi connectivity index (χ2n) is 17.5. The number of methoxy groups -OCH3 is 1. The van der Waals surface area contributed by atoms with Gasteiger partial charge in [-0.15, -0.1) is 0 Å². The average Bonchev–Trinajstić information content (AvgIpc) is 3.92. The van der Waals surface area contributed by atoms with Gasteiger partial charge in [-0.1, -0.05) is 42.5 Å². The highest BCUT2D eigenvalue weighted by Gasteiger charge is 2.50. The number of nitrogens with zero attached hydrogens (tertiary/aromatic N) is 4. The second kappa shape index (κ2) is 16.6. The van der Waals surface area contributed by atoms with Crippen LogP contribution in [0, 0.1) is 5.92 Å². The van der Waals surface area contributed by atoms with Gasteiger partial charge in [0.1, 0.15) is 23.7 Å². The fourth-order valence-corrected chi connectivity index (χ4v) is 8.88. The highest BCUT2D eigenvalue weighted by Crippen LogP contribution is 2.45. The molecule has 2 saturated heterocycles. The van der Waals surface area contributed by atoms with Crippen molar-refractivity contribution < 1.29 is 33.3 Å². The first-order valence-corrected chi connectivity index (χ1v) is 20.5. The van der Waals surface area contributed by atoms with Crippen LogP contribution in [0.3, 0.4) is 0 Å². The minimum absolute atomic E-state index is 0.00237. The number of amides is 3. The third-order valence-corrected chi connectivity index (χ3v) is 12.0. The van der Waals surface area contributed by atoms with Crippen molar-refractivity contribution in [1.29, 1.82) is 0 Å². The van der Waals surface area contributed by atoms with Gasteiger partial charge in [-0.05, 0) is 121 Å². The molecule has 2 aliphatic carbocycles. The summed E-state index contributed by atoms with van der Waals surface area (Å²) >= 11 is 0. The predicted molar refractivity (Wildman–Crippen MR) is 215 cm³/mol. The maximum Gasteiger partial charge on any atom is 0.410 e. The van der Waals surface area contributed by atoms with Crippen LogP contribution >= 0.6 is 0 Å². The third-order valence-electron chi connectivity index (χ3n) is 12.0. The number of likely N-dealkylation sites (tertiary alicyclic amines) is 2. The van der Waals surface area contributed by atoms with Gasteiger partial charge in [0.2, 0.25) is 5.91 Å². The zero-order valence-corrected chi connectivity index (χ0v) is 34.1. The van der Waals surface area contributed by atoms with Crippen molar-refractivity contribution in [2.75, 3.05) is 60.2 Å². The molecule has 1 saturated carbocycles. The van der Waals surface area contributed by atoms with Gasteiger partial charge in [-0.25, -0.2) is 4.79 Å². The van der Waals surface area contributed by atoms with Crippen molar-refractivity contribution in [3.8, 4) is 16.9 Å². The quantitative estimate of drug-likeness (QED) is 0.213. The van der Waals surface area contributed by atoms with Gasteiger partial charge < -0.3 is 38.5 Å². The number of carbonyl (C=O) groups is 3. The molecule has 0 radical (unpaired) electrons. The highest BCUT2D eigenvalue weighted by atomic mass is 16.6. The van der Waals surface area contributed by atoms with Gasteiger partial charge in [0.15, 0.2) is 6.61 Å². The van der Waals surface area contributed by atoms with E-state index in [9.17, 15) is 9.59 Å². The summed E-state index contributed by atoms with van der Waals surface area (Å²) in [6, 6.07) is 17.3. The lowest BCUT2D eigenvalue weighted by atomic mass is 9.77. The number of carbonyl (C=O) groups excluding carboxylic acids is 3. The van der Waals surface area contributed by atoms with Crippen molar-refractivity contribution in [3.63, 3.8) is 0 Å². The lowest BCUT2D eigenvalue weighted by Crippen LogP contribution is -2.58. The van der Waals surface area contributed by atoms with Gasteiger partial charge in [0.25, 0.3) is 5.91 Å². The topological polar surface area (TPSA) is 101 Å². The molecule has 11 heteroatoms. The van der Waals surface area contributed by atoms with Gasteiger partial charge in [0.05, 0.1) is 17.2 Å². The van der Waals surface area contributed by atoms with Crippen molar-refractivity contribution in [3.05, 3.63) is 77.7 Å². The van der Waals surface area contributed by atoms with Crippen LogP contribution < -0.4 is 4.74 Å². The minimum atomic E-state index is -0.699. The van der Waals surface area contributed by atoms with E-state index in [1.54, 1.807) is 12.0 Å². The lowest BCUT2D eigenvalue weighted by molar-refractivity contribution is -0.143. The van der Waals surface area contributed by atoms with E-state index in [1.165, 1.54) is 12.8 Å². The molecular formula is C45H60N4O7. The van der Waals surface area contributed by atoms with Crippen LogP contribution in [-0.2, 0) is 23.8 Å². The molecule has 0 aromatic heterocycles. The SMILES string of the molecule is COCCCN1C(=O)COC2=C1CC(C)(N(C(=O)C1CN(C(=O)OC(C)(C)C)CC[C@@H]1c1cccc(-c3ccc(OC[C@@H]4CCCN4C)cc3)c1)C1CC1)C=C2. The van der Waals surface area contributed by atoms with E-state index in [0.717, 1.165) is 47.5 Å². The summed E-state index contributed by atoms with van der Waals surface area (Å²) in [5.74, 6) is 0.869. The Kier molecular flexibility index (Phi) is 11.8. The summed E-state index contributed by atoms with van der Waals surface area (Å²) < 4.78 is 23.2. The predicted octanol–water partition coefficient (Wildman–Crippen LogP) is 6.98. The van der Waals surface area contributed by atoms with Crippen LogP contribution in [-0.4, -0.2) is 121 Å². The first-order chi connectivity index (χ1) is 26.8. The molecule has 3 heterocycles. The van der Waals surface area contributed by atoms with E-state index in [1.807, 2.05) is 43.9 Å². The zero-order valence-electron chi connectivity index (χ0n) is 34.1. The summed E-state index contributed by atoms with van der Waals surface area (Å²) in [5, 5.41) is 0. The van der Waals surface area contributed by atoms with Gasteiger partial charge >= 0.3 is 6.09 Å². The first-order valence-electron chi connectivity index (χ1n) is 20.5. The van der Waals surface area contributed by atoms with Crippen molar-refractivity contribution in [2.45, 2.75) is 102 Å². The molecule has 2 unspecified atom stereocenters. The fraction of sp³-hybridized carbons (Fsp3) is 0.578. The normalized spacial score (nSPS) is 25.5. The van der Waals surface area contributed by atoms with E-state index < -0.39 is 23.2 Å². The molecule has 0 spiro atoms. The maximum absolute atomic E-state index is 15.4. The molecule has 302 valence electrons. The molecular weight excluding hydrogens is 709 g/mol. The van der Waals surface area contributed by atoms with Crippen LogP contribution in [0.25, 0.3) is 11.1 Å². The molecule has 56 heavy (non-hydrogen) atoms. The third kappa shape index (κ3) is 8.94. The smallest absolute Gasteiger partial charge is 0.410 e. The van der Waals surface area contributed by atoms with E-state index >= 15 is 4.79 Å². The molecule has 11 nitrogen and oxygen atoms in total. The Labute approximate surface area is 332 Å². The Morgan fingerprint density at radius 1 is 1.02 bits per heavy atom. The van der Waals surface area contributed by atoms with Gasteiger partial charge in [0, 0.05) is 51.9 Å².